The highest BCUT2D eigenvalue weighted by atomic mass is 16.2. The van der Waals surface area contributed by atoms with E-state index in [1.807, 2.05) is 36.4 Å². The second kappa shape index (κ2) is 8.02. The van der Waals surface area contributed by atoms with Crippen LogP contribution in [0.25, 0.3) is 0 Å². The first-order valence-corrected chi connectivity index (χ1v) is 9.40. The molecule has 1 atom stereocenters. The molecule has 0 fully saturated rings. The second-order valence-corrected chi connectivity index (χ2v) is 6.91. The number of nitriles is 1. The normalized spacial score (nSPS) is 13.5. The van der Waals surface area contributed by atoms with Crippen LogP contribution in [0.15, 0.2) is 78.9 Å². The third-order valence-electron chi connectivity index (χ3n) is 4.97. The smallest absolute Gasteiger partial charge is 0.262 e. The minimum atomic E-state index is -1.04. The van der Waals surface area contributed by atoms with Gasteiger partial charge in [0.2, 0.25) is 5.91 Å². The van der Waals surface area contributed by atoms with Crippen LogP contribution >= 0.6 is 0 Å². The van der Waals surface area contributed by atoms with Crippen molar-refractivity contribution in [3.8, 4) is 6.07 Å². The molecule has 3 aromatic rings. The zero-order chi connectivity index (χ0) is 21.1. The molecule has 0 aromatic heterocycles. The lowest BCUT2D eigenvalue weighted by Gasteiger charge is -2.25. The Kier molecular flexibility index (Phi) is 5.10. The number of anilines is 1. The molecule has 3 amide bonds. The van der Waals surface area contributed by atoms with E-state index in [1.165, 1.54) is 0 Å². The van der Waals surface area contributed by atoms with Crippen LogP contribution in [0.3, 0.4) is 0 Å². The van der Waals surface area contributed by atoms with E-state index in [-0.39, 0.29) is 6.42 Å². The number of amides is 3. The van der Waals surface area contributed by atoms with Crippen molar-refractivity contribution in [1.82, 2.24) is 4.90 Å². The molecule has 0 saturated carbocycles. The van der Waals surface area contributed by atoms with E-state index < -0.39 is 23.8 Å². The average molecular weight is 395 g/mol. The minimum absolute atomic E-state index is 0.177. The Morgan fingerprint density at radius 2 is 1.53 bits per heavy atom. The average Bonchev–Trinajstić information content (AvgIpc) is 3.03. The maximum absolute atomic E-state index is 13.2. The largest absolute Gasteiger partial charge is 0.324 e. The first-order valence-electron chi connectivity index (χ1n) is 9.40. The van der Waals surface area contributed by atoms with Gasteiger partial charge in [-0.2, -0.15) is 5.26 Å². The maximum atomic E-state index is 13.2. The van der Waals surface area contributed by atoms with Crippen molar-refractivity contribution >= 4 is 23.4 Å². The van der Waals surface area contributed by atoms with Gasteiger partial charge in [-0.15, -0.1) is 0 Å². The van der Waals surface area contributed by atoms with Gasteiger partial charge in [0.1, 0.15) is 6.04 Å². The van der Waals surface area contributed by atoms with Gasteiger partial charge >= 0.3 is 0 Å². The van der Waals surface area contributed by atoms with Crippen molar-refractivity contribution in [2.24, 2.45) is 0 Å². The summed E-state index contributed by atoms with van der Waals surface area (Å²) in [5, 5.41) is 11.8. The number of hydrogen-bond acceptors (Lipinski definition) is 4. The van der Waals surface area contributed by atoms with Gasteiger partial charge in [-0.05, 0) is 35.9 Å². The summed E-state index contributed by atoms with van der Waals surface area (Å²) in [5.74, 6) is -1.47. The van der Waals surface area contributed by atoms with Crippen molar-refractivity contribution in [3.05, 3.63) is 101 Å². The van der Waals surface area contributed by atoms with Crippen LogP contribution in [0.4, 0.5) is 5.69 Å². The van der Waals surface area contributed by atoms with Crippen LogP contribution in [0, 0.1) is 11.3 Å². The lowest BCUT2D eigenvalue weighted by Crippen LogP contribution is -2.48. The summed E-state index contributed by atoms with van der Waals surface area (Å²) in [7, 11) is 0. The molecule has 0 aliphatic carbocycles. The van der Waals surface area contributed by atoms with Gasteiger partial charge in [0.25, 0.3) is 11.8 Å². The summed E-state index contributed by atoms with van der Waals surface area (Å²) >= 11 is 0. The number of carbonyl (C=O) groups is 3. The van der Waals surface area contributed by atoms with Crippen molar-refractivity contribution < 1.29 is 14.4 Å². The summed E-state index contributed by atoms with van der Waals surface area (Å²) < 4.78 is 0. The number of nitrogens with zero attached hydrogens (tertiary/aromatic N) is 2. The van der Waals surface area contributed by atoms with E-state index in [0.717, 1.165) is 10.5 Å². The first-order chi connectivity index (χ1) is 14.6. The van der Waals surface area contributed by atoms with Crippen molar-refractivity contribution in [3.63, 3.8) is 0 Å². The molecule has 0 saturated heterocycles. The summed E-state index contributed by atoms with van der Waals surface area (Å²) in [6, 6.07) is 23.2. The van der Waals surface area contributed by atoms with Crippen molar-refractivity contribution in [2.75, 3.05) is 5.32 Å². The number of nitrogens with one attached hydrogen (secondary N) is 1. The molecule has 146 valence electrons. The molecule has 1 N–H and O–H groups in total. The Labute approximate surface area is 173 Å². The Morgan fingerprint density at radius 3 is 2.17 bits per heavy atom. The van der Waals surface area contributed by atoms with Crippen molar-refractivity contribution in [2.45, 2.75) is 12.5 Å². The van der Waals surface area contributed by atoms with Crippen LogP contribution in [0.5, 0.6) is 0 Å². The quantitative estimate of drug-likeness (QED) is 0.671. The molecule has 0 spiro atoms. The van der Waals surface area contributed by atoms with Crippen LogP contribution < -0.4 is 5.32 Å². The summed E-state index contributed by atoms with van der Waals surface area (Å²) in [6.45, 7) is 0. The third kappa shape index (κ3) is 3.56. The van der Waals surface area contributed by atoms with Crippen LogP contribution in [0.1, 0.15) is 31.8 Å². The van der Waals surface area contributed by atoms with E-state index in [1.54, 1.807) is 48.5 Å². The molecule has 0 bridgehead atoms. The van der Waals surface area contributed by atoms with Gasteiger partial charge in [-0.1, -0.05) is 48.5 Å². The molecule has 30 heavy (non-hydrogen) atoms. The highest BCUT2D eigenvalue weighted by Crippen LogP contribution is 2.26. The monoisotopic (exact) mass is 395 g/mol. The van der Waals surface area contributed by atoms with E-state index in [9.17, 15) is 14.4 Å². The predicted molar refractivity (Wildman–Crippen MR) is 111 cm³/mol. The number of benzene rings is 3. The second-order valence-electron chi connectivity index (χ2n) is 6.91. The van der Waals surface area contributed by atoms with Gasteiger partial charge in [0, 0.05) is 12.1 Å². The molecule has 1 aliphatic rings. The fraction of sp³-hybridized carbons (Fsp3) is 0.0833. The molecule has 6 nitrogen and oxygen atoms in total. The first kappa shape index (κ1) is 19.1. The molecule has 0 radical (unpaired) electrons. The van der Waals surface area contributed by atoms with E-state index in [0.29, 0.717) is 22.4 Å². The number of rotatable bonds is 5. The minimum Gasteiger partial charge on any atom is -0.324 e. The number of imide groups is 1. The fourth-order valence-corrected chi connectivity index (χ4v) is 3.52. The molecule has 1 aliphatic heterocycles. The molecule has 1 heterocycles. The van der Waals surface area contributed by atoms with Crippen LogP contribution in [-0.2, 0) is 11.2 Å². The lowest BCUT2D eigenvalue weighted by molar-refractivity contribution is -0.119. The Hall–Kier alpha value is -4.24. The number of hydrogen-bond donors (Lipinski definition) is 1. The predicted octanol–water partition coefficient (Wildman–Crippen LogP) is 3.40. The lowest BCUT2D eigenvalue weighted by atomic mass is 10.0. The highest BCUT2D eigenvalue weighted by molar-refractivity contribution is 6.23. The van der Waals surface area contributed by atoms with Crippen molar-refractivity contribution in [1.29, 1.82) is 5.26 Å². The Bertz CT molecular complexity index is 1150. The number of fused-ring (bicyclic) bond motifs is 1. The summed E-state index contributed by atoms with van der Waals surface area (Å²) in [6.07, 6.45) is 0.177. The van der Waals surface area contributed by atoms with Gasteiger partial charge in [0.15, 0.2) is 0 Å². The molecule has 3 aromatic carbocycles. The molecule has 1 unspecified atom stereocenters. The number of carbonyl (C=O) groups excluding carboxylic acids is 3. The van der Waals surface area contributed by atoms with Gasteiger partial charge < -0.3 is 5.32 Å². The zero-order valence-electron chi connectivity index (χ0n) is 15.9. The maximum Gasteiger partial charge on any atom is 0.262 e. The Morgan fingerprint density at radius 1 is 0.900 bits per heavy atom. The van der Waals surface area contributed by atoms with Gasteiger partial charge in [0.05, 0.1) is 22.8 Å². The van der Waals surface area contributed by atoms with E-state index in [4.69, 9.17) is 5.26 Å². The van der Waals surface area contributed by atoms with Gasteiger partial charge in [-0.3, -0.25) is 19.3 Å². The SMILES string of the molecule is N#Cc1cccc(NC(=O)C(Cc2ccccc2)N2C(=O)c3ccccc3C2=O)c1. The van der Waals surface area contributed by atoms with E-state index in [2.05, 4.69) is 5.32 Å². The Balaban J connectivity index is 1.68. The fourth-order valence-electron chi connectivity index (χ4n) is 3.52. The molecule has 4 rings (SSSR count). The standard InChI is InChI=1S/C24H17N3O3/c25-15-17-9-6-10-18(13-17)26-22(28)21(14-16-7-2-1-3-8-16)27-23(29)19-11-4-5-12-20(19)24(27)30/h1-13,21H,14H2,(H,26,28). The molecular formula is C24H17N3O3. The summed E-state index contributed by atoms with van der Waals surface area (Å²) in [4.78, 5) is 40.2. The van der Waals surface area contributed by atoms with Gasteiger partial charge in [-0.25, -0.2) is 0 Å². The summed E-state index contributed by atoms with van der Waals surface area (Å²) in [5.41, 5.74) is 2.22. The highest BCUT2D eigenvalue weighted by Gasteiger charge is 2.42. The van der Waals surface area contributed by atoms with Crippen LogP contribution in [-0.4, -0.2) is 28.7 Å². The third-order valence-corrected chi connectivity index (χ3v) is 4.97. The van der Waals surface area contributed by atoms with E-state index >= 15 is 0 Å². The zero-order valence-corrected chi connectivity index (χ0v) is 15.9. The topological polar surface area (TPSA) is 90.3 Å². The molecular weight excluding hydrogens is 378 g/mol. The molecule has 6 heteroatoms. The van der Waals surface area contributed by atoms with Crippen LogP contribution in [0.2, 0.25) is 0 Å².